The van der Waals surface area contributed by atoms with Crippen molar-refractivity contribution in [3.05, 3.63) is 12.2 Å². The molecule has 0 saturated heterocycles. The van der Waals surface area contributed by atoms with Crippen LogP contribution in [0.5, 0.6) is 0 Å². The van der Waals surface area contributed by atoms with E-state index in [1.807, 2.05) is 6.08 Å². The third kappa shape index (κ3) is 7.66. The SMILES string of the molecule is CCCCOC/C=C\CO. The fraction of sp³-hybridized carbons (Fsp3) is 0.750. The van der Waals surface area contributed by atoms with E-state index in [9.17, 15) is 0 Å². The second-order valence-corrected chi connectivity index (χ2v) is 2.08. The van der Waals surface area contributed by atoms with Gasteiger partial charge in [-0.1, -0.05) is 25.5 Å². The second kappa shape index (κ2) is 8.66. The molecule has 10 heavy (non-hydrogen) atoms. The molecule has 0 aromatic carbocycles. The number of aliphatic hydroxyl groups excluding tert-OH is 1. The number of hydrogen-bond donors (Lipinski definition) is 1. The summed E-state index contributed by atoms with van der Waals surface area (Å²) in [6.07, 6.45) is 5.80. The van der Waals surface area contributed by atoms with Crippen molar-refractivity contribution in [1.29, 1.82) is 0 Å². The van der Waals surface area contributed by atoms with Crippen LogP contribution in [-0.2, 0) is 4.74 Å². The van der Waals surface area contributed by atoms with E-state index in [2.05, 4.69) is 6.92 Å². The lowest BCUT2D eigenvalue weighted by Crippen LogP contribution is -1.93. The molecule has 0 spiro atoms. The maximum Gasteiger partial charge on any atom is 0.0648 e. The maximum absolute atomic E-state index is 8.33. The molecular weight excluding hydrogens is 128 g/mol. The van der Waals surface area contributed by atoms with Gasteiger partial charge < -0.3 is 9.84 Å². The van der Waals surface area contributed by atoms with Crippen molar-refractivity contribution in [3.63, 3.8) is 0 Å². The van der Waals surface area contributed by atoms with Crippen molar-refractivity contribution in [2.75, 3.05) is 19.8 Å². The number of unbranched alkanes of at least 4 members (excludes halogenated alkanes) is 1. The van der Waals surface area contributed by atoms with Crippen LogP contribution in [-0.4, -0.2) is 24.9 Å². The molecule has 0 aromatic heterocycles. The van der Waals surface area contributed by atoms with E-state index in [1.165, 1.54) is 6.42 Å². The number of rotatable bonds is 6. The molecule has 0 amide bonds. The Labute approximate surface area is 62.5 Å². The predicted molar refractivity (Wildman–Crippen MR) is 42.0 cm³/mol. The van der Waals surface area contributed by atoms with Crippen molar-refractivity contribution in [1.82, 2.24) is 0 Å². The van der Waals surface area contributed by atoms with E-state index in [0.29, 0.717) is 6.61 Å². The first-order valence-electron chi connectivity index (χ1n) is 3.75. The van der Waals surface area contributed by atoms with Crippen molar-refractivity contribution >= 4 is 0 Å². The van der Waals surface area contributed by atoms with Gasteiger partial charge in [0.25, 0.3) is 0 Å². The molecule has 0 fully saturated rings. The molecule has 0 unspecified atom stereocenters. The van der Waals surface area contributed by atoms with Crippen LogP contribution in [0.25, 0.3) is 0 Å². The molecule has 2 nitrogen and oxygen atoms in total. The molecule has 0 atom stereocenters. The van der Waals surface area contributed by atoms with Crippen LogP contribution in [0.2, 0.25) is 0 Å². The summed E-state index contributed by atoms with van der Waals surface area (Å²) < 4.78 is 5.18. The quantitative estimate of drug-likeness (QED) is 0.450. The lowest BCUT2D eigenvalue weighted by Gasteiger charge is -1.96. The molecule has 60 valence electrons. The van der Waals surface area contributed by atoms with Crippen LogP contribution in [0, 0.1) is 0 Å². The van der Waals surface area contributed by atoms with Gasteiger partial charge in [0.05, 0.1) is 13.2 Å². The van der Waals surface area contributed by atoms with Crippen molar-refractivity contribution < 1.29 is 9.84 Å². The molecule has 0 saturated carbocycles. The average molecular weight is 144 g/mol. The first-order valence-corrected chi connectivity index (χ1v) is 3.75. The number of hydrogen-bond acceptors (Lipinski definition) is 2. The summed E-state index contributed by atoms with van der Waals surface area (Å²) in [6, 6.07) is 0. The molecule has 0 aliphatic carbocycles. The third-order valence-electron chi connectivity index (χ3n) is 1.13. The highest BCUT2D eigenvalue weighted by Gasteiger charge is 1.81. The first kappa shape index (κ1) is 9.66. The lowest BCUT2D eigenvalue weighted by atomic mass is 10.4. The standard InChI is InChI=1S/C8H16O2/c1-2-3-7-10-8-5-4-6-9/h4-5,9H,2-3,6-8H2,1H3/b5-4-. The van der Waals surface area contributed by atoms with Gasteiger partial charge in [-0.25, -0.2) is 0 Å². The van der Waals surface area contributed by atoms with Crippen LogP contribution in [0.4, 0.5) is 0 Å². The van der Waals surface area contributed by atoms with Crippen LogP contribution in [0.3, 0.4) is 0 Å². The summed E-state index contributed by atoms with van der Waals surface area (Å²) in [6.45, 7) is 3.69. The van der Waals surface area contributed by atoms with E-state index in [1.54, 1.807) is 6.08 Å². The minimum absolute atomic E-state index is 0.108. The average Bonchev–Trinajstić information content (AvgIpc) is 1.97. The van der Waals surface area contributed by atoms with Crippen LogP contribution in [0.15, 0.2) is 12.2 Å². The Morgan fingerprint density at radius 1 is 1.40 bits per heavy atom. The Morgan fingerprint density at radius 3 is 2.80 bits per heavy atom. The van der Waals surface area contributed by atoms with E-state index in [4.69, 9.17) is 9.84 Å². The van der Waals surface area contributed by atoms with Gasteiger partial charge in [-0.15, -0.1) is 0 Å². The minimum atomic E-state index is 0.108. The van der Waals surface area contributed by atoms with E-state index >= 15 is 0 Å². The fourth-order valence-corrected chi connectivity index (χ4v) is 0.540. The molecule has 0 heterocycles. The molecule has 0 bridgehead atoms. The van der Waals surface area contributed by atoms with Gasteiger partial charge in [0.2, 0.25) is 0 Å². The zero-order valence-electron chi connectivity index (χ0n) is 6.55. The zero-order valence-corrected chi connectivity index (χ0v) is 6.55. The highest BCUT2D eigenvalue weighted by Crippen LogP contribution is 1.87. The Balaban J connectivity index is 2.83. The van der Waals surface area contributed by atoms with Gasteiger partial charge in [0, 0.05) is 6.61 Å². The van der Waals surface area contributed by atoms with Gasteiger partial charge in [0.15, 0.2) is 0 Å². The van der Waals surface area contributed by atoms with Gasteiger partial charge in [-0.3, -0.25) is 0 Å². The van der Waals surface area contributed by atoms with Crippen LogP contribution < -0.4 is 0 Å². The molecule has 0 radical (unpaired) electrons. The van der Waals surface area contributed by atoms with Crippen LogP contribution >= 0.6 is 0 Å². The van der Waals surface area contributed by atoms with Crippen molar-refractivity contribution in [2.45, 2.75) is 19.8 Å². The first-order chi connectivity index (χ1) is 4.91. The van der Waals surface area contributed by atoms with E-state index in [0.717, 1.165) is 13.0 Å². The van der Waals surface area contributed by atoms with Crippen molar-refractivity contribution in [2.24, 2.45) is 0 Å². The molecular formula is C8H16O2. The molecule has 2 heteroatoms. The third-order valence-corrected chi connectivity index (χ3v) is 1.13. The Kier molecular flexibility index (Phi) is 8.37. The van der Waals surface area contributed by atoms with Gasteiger partial charge >= 0.3 is 0 Å². The molecule has 0 aromatic rings. The summed E-state index contributed by atoms with van der Waals surface area (Å²) in [5.74, 6) is 0. The summed E-state index contributed by atoms with van der Waals surface area (Å²) in [4.78, 5) is 0. The van der Waals surface area contributed by atoms with Crippen molar-refractivity contribution in [3.8, 4) is 0 Å². The summed E-state index contributed by atoms with van der Waals surface area (Å²) in [7, 11) is 0. The maximum atomic E-state index is 8.33. The molecule has 1 N–H and O–H groups in total. The Hall–Kier alpha value is -0.340. The number of aliphatic hydroxyl groups is 1. The summed E-state index contributed by atoms with van der Waals surface area (Å²) >= 11 is 0. The topological polar surface area (TPSA) is 29.5 Å². The highest BCUT2D eigenvalue weighted by molar-refractivity contribution is 4.79. The summed E-state index contributed by atoms with van der Waals surface area (Å²) in [5, 5.41) is 8.33. The fourth-order valence-electron chi connectivity index (χ4n) is 0.540. The highest BCUT2D eigenvalue weighted by atomic mass is 16.5. The number of ether oxygens (including phenoxy) is 1. The molecule has 0 rings (SSSR count). The second-order valence-electron chi connectivity index (χ2n) is 2.08. The summed E-state index contributed by atoms with van der Waals surface area (Å²) in [5.41, 5.74) is 0. The molecule has 0 aliphatic rings. The van der Waals surface area contributed by atoms with Gasteiger partial charge in [-0.2, -0.15) is 0 Å². The Morgan fingerprint density at radius 2 is 2.20 bits per heavy atom. The normalized spacial score (nSPS) is 11.0. The Bertz CT molecular complexity index is 79.3. The largest absolute Gasteiger partial charge is 0.392 e. The predicted octanol–water partition coefficient (Wildman–Crippen LogP) is 1.35. The van der Waals surface area contributed by atoms with Crippen LogP contribution in [0.1, 0.15) is 19.8 Å². The lowest BCUT2D eigenvalue weighted by molar-refractivity contribution is 0.158. The van der Waals surface area contributed by atoms with E-state index < -0.39 is 0 Å². The smallest absolute Gasteiger partial charge is 0.0648 e. The van der Waals surface area contributed by atoms with Gasteiger partial charge in [0.1, 0.15) is 0 Å². The molecule has 0 aliphatic heterocycles. The van der Waals surface area contributed by atoms with Gasteiger partial charge in [-0.05, 0) is 6.42 Å². The minimum Gasteiger partial charge on any atom is -0.392 e. The monoisotopic (exact) mass is 144 g/mol. The van der Waals surface area contributed by atoms with E-state index in [-0.39, 0.29) is 6.61 Å². The zero-order chi connectivity index (χ0) is 7.66.